The van der Waals surface area contributed by atoms with Crippen LogP contribution in [0.15, 0.2) is 29.2 Å². The third-order valence-corrected chi connectivity index (χ3v) is 6.56. The molecule has 0 aliphatic heterocycles. The van der Waals surface area contributed by atoms with Crippen molar-refractivity contribution in [1.82, 2.24) is 0 Å². The fraction of sp³-hybridized carbons (Fsp3) is 0.571. The number of rotatable bonds is 5. The van der Waals surface area contributed by atoms with Gasteiger partial charge in [-0.1, -0.05) is 19.1 Å². The van der Waals surface area contributed by atoms with Crippen molar-refractivity contribution in [3.63, 3.8) is 0 Å². The maximum Gasteiger partial charge on any atom is 0.180 e. The maximum atomic E-state index is 12.1. The second-order valence-electron chi connectivity index (χ2n) is 4.91. The van der Waals surface area contributed by atoms with Crippen molar-refractivity contribution in [1.29, 1.82) is 0 Å². The van der Waals surface area contributed by atoms with Gasteiger partial charge in [0.05, 0.1) is 16.3 Å². The predicted octanol–water partition coefficient (Wildman–Crippen LogP) is 3.18. The van der Waals surface area contributed by atoms with E-state index in [-0.39, 0.29) is 5.75 Å². The lowest BCUT2D eigenvalue weighted by Crippen LogP contribution is -2.18. The summed E-state index contributed by atoms with van der Waals surface area (Å²) in [5.74, 6) is 0.143. The molecule has 0 heterocycles. The highest BCUT2D eigenvalue weighted by Crippen LogP contribution is 2.32. The summed E-state index contributed by atoms with van der Waals surface area (Å²) in [5, 5.41) is 4.12. The molecule has 1 fully saturated rings. The van der Waals surface area contributed by atoms with E-state index in [1.165, 1.54) is 6.42 Å². The molecule has 106 valence electrons. The van der Waals surface area contributed by atoms with Gasteiger partial charge in [0.25, 0.3) is 0 Å². The molecule has 0 bridgehead atoms. The topological polar surface area (TPSA) is 46.2 Å². The number of benzene rings is 1. The molecule has 0 unspecified atom stereocenters. The van der Waals surface area contributed by atoms with E-state index in [9.17, 15) is 8.42 Å². The Labute approximate surface area is 120 Å². The molecule has 5 heteroatoms. The zero-order chi connectivity index (χ0) is 13.9. The van der Waals surface area contributed by atoms with Gasteiger partial charge in [-0.05, 0) is 37.7 Å². The number of sulfone groups is 1. The normalized spacial score (nSPS) is 23.5. The second-order valence-corrected chi connectivity index (χ2v) is 8.30. The van der Waals surface area contributed by atoms with E-state index in [0.29, 0.717) is 16.2 Å². The Morgan fingerprint density at radius 1 is 1.32 bits per heavy atom. The summed E-state index contributed by atoms with van der Waals surface area (Å²) in [6.45, 7) is 1.69. The van der Waals surface area contributed by atoms with Crippen LogP contribution in [-0.4, -0.2) is 31.7 Å². The van der Waals surface area contributed by atoms with E-state index in [2.05, 4.69) is 11.6 Å². The Hall–Kier alpha value is -0.680. The van der Waals surface area contributed by atoms with Crippen molar-refractivity contribution in [3.8, 4) is 0 Å². The number of para-hydroxylation sites is 1. The summed E-state index contributed by atoms with van der Waals surface area (Å²) in [6, 6.07) is 7.63. The van der Waals surface area contributed by atoms with Crippen LogP contribution in [0.2, 0.25) is 0 Å². The predicted molar refractivity (Wildman–Crippen MR) is 82.7 cm³/mol. The summed E-state index contributed by atoms with van der Waals surface area (Å²) in [4.78, 5) is 0.435. The number of thioether (sulfide) groups is 1. The van der Waals surface area contributed by atoms with Crippen LogP contribution in [0.3, 0.4) is 0 Å². The molecule has 1 aliphatic rings. The first-order chi connectivity index (χ1) is 9.06. The van der Waals surface area contributed by atoms with Gasteiger partial charge in [0.1, 0.15) is 0 Å². The van der Waals surface area contributed by atoms with Crippen LogP contribution in [-0.2, 0) is 9.84 Å². The van der Waals surface area contributed by atoms with Crippen molar-refractivity contribution >= 4 is 27.3 Å². The van der Waals surface area contributed by atoms with Crippen molar-refractivity contribution in [2.24, 2.45) is 0 Å². The van der Waals surface area contributed by atoms with Crippen LogP contribution < -0.4 is 5.32 Å². The quantitative estimate of drug-likeness (QED) is 0.907. The van der Waals surface area contributed by atoms with Crippen LogP contribution in [0.4, 0.5) is 5.69 Å². The lowest BCUT2D eigenvalue weighted by molar-refractivity contribution is 0.597. The Balaban J connectivity index is 2.18. The second kappa shape index (κ2) is 6.18. The number of hydrogen-bond donors (Lipinski definition) is 1. The minimum Gasteiger partial charge on any atom is -0.381 e. The minimum absolute atomic E-state index is 0.143. The fourth-order valence-electron chi connectivity index (χ4n) is 2.52. The molecule has 0 spiro atoms. The molecule has 0 aromatic heterocycles. The zero-order valence-electron chi connectivity index (χ0n) is 11.4. The Bertz CT molecular complexity index is 528. The minimum atomic E-state index is -3.16. The summed E-state index contributed by atoms with van der Waals surface area (Å²) in [5.41, 5.74) is 0.760. The van der Waals surface area contributed by atoms with Gasteiger partial charge in [0.2, 0.25) is 0 Å². The molecule has 2 atom stereocenters. The molecule has 1 aromatic carbocycles. The first-order valence-electron chi connectivity index (χ1n) is 6.68. The Morgan fingerprint density at radius 3 is 2.68 bits per heavy atom. The first kappa shape index (κ1) is 14.7. The number of hydrogen-bond acceptors (Lipinski definition) is 4. The van der Waals surface area contributed by atoms with Crippen molar-refractivity contribution in [3.05, 3.63) is 24.3 Å². The lowest BCUT2D eigenvalue weighted by atomic mass is 10.2. The molecule has 3 nitrogen and oxygen atoms in total. The zero-order valence-corrected chi connectivity index (χ0v) is 13.1. The lowest BCUT2D eigenvalue weighted by Gasteiger charge is -2.17. The SMILES string of the molecule is CCS(=O)(=O)c1ccccc1N[C@@H]1CC[C@@H](SC)C1. The first-order valence-corrected chi connectivity index (χ1v) is 9.62. The molecular weight excluding hydrogens is 278 g/mol. The van der Waals surface area contributed by atoms with Gasteiger partial charge in [-0.3, -0.25) is 0 Å². The third-order valence-electron chi connectivity index (χ3n) is 3.68. The highest BCUT2D eigenvalue weighted by Gasteiger charge is 2.25. The molecule has 0 saturated heterocycles. The van der Waals surface area contributed by atoms with Gasteiger partial charge < -0.3 is 5.32 Å². The van der Waals surface area contributed by atoms with E-state index in [0.717, 1.165) is 18.5 Å². The van der Waals surface area contributed by atoms with E-state index in [1.54, 1.807) is 19.1 Å². The van der Waals surface area contributed by atoms with Gasteiger partial charge >= 0.3 is 0 Å². The summed E-state index contributed by atoms with van der Waals surface area (Å²) >= 11 is 1.90. The largest absolute Gasteiger partial charge is 0.381 e. The average Bonchev–Trinajstić information content (AvgIpc) is 2.87. The van der Waals surface area contributed by atoms with Crippen LogP contribution in [0, 0.1) is 0 Å². The van der Waals surface area contributed by atoms with E-state index in [4.69, 9.17) is 0 Å². The molecule has 1 aromatic rings. The third kappa shape index (κ3) is 3.45. The standard InChI is InChI=1S/C14H21NO2S2/c1-3-19(16,17)14-7-5-4-6-13(14)15-11-8-9-12(10-11)18-2/h4-7,11-12,15H,3,8-10H2,1-2H3/t11-,12-/m1/s1. The number of nitrogens with one attached hydrogen (secondary N) is 1. The molecule has 1 N–H and O–H groups in total. The van der Waals surface area contributed by atoms with Gasteiger partial charge in [-0.2, -0.15) is 11.8 Å². The maximum absolute atomic E-state index is 12.1. The molecular formula is C14H21NO2S2. The average molecular weight is 299 g/mol. The van der Waals surface area contributed by atoms with Crippen LogP contribution in [0.5, 0.6) is 0 Å². The number of anilines is 1. The van der Waals surface area contributed by atoms with Crippen LogP contribution in [0.25, 0.3) is 0 Å². The molecule has 0 radical (unpaired) electrons. The molecule has 0 amide bonds. The van der Waals surface area contributed by atoms with E-state index < -0.39 is 9.84 Å². The smallest absolute Gasteiger partial charge is 0.180 e. The summed E-state index contributed by atoms with van der Waals surface area (Å²) in [7, 11) is -3.16. The van der Waals surface area contributed by atoms with Crippen LogP contribution >= 0.6 is 11.8 Å². The van der Waals surface area contributed by atoms with Gasteiger partial charge in [-0.25, -0.2) is 8.42 Å². The Morgan fingerprint density at radius 2 is 2.05 bits per heavy atom. The molecule has 1 aliphatic carbocycles. The Kier molecular flexibility index (Phi) is 4.79. The van der Waals surface area contributed by atoms with Crippen molar-refractivity contribution < 1.29 is 8.42 Å². The highest BCUT2D eigenvalue weighted by atomic mass is 32.2. The molecule has 1 saturated carbocycles. The van der Waals surface area contributed by atoms with Crippen molar-refractivity contribution in [2.45, 2.75) is 42.4 Å². The monoisotopic (exact) mass is 299 g/mol. The molecule has 2 rings (SSSR count). The summed E-state index contributed by atoms with van der Waals surface area (Å²) in [6.07, 6.45) is 5.58. The summed E-state index contributed by atoms with van der Waals surface area (Å²) < 4.78 is 24.1. The highest BCUT2D eigenvalue weighted by molar-refractivity contribution is 7.99. The van der Waals surface area contributed by atoms with Gasteiger partial charge in [-0.15, -0.1) is 0 Å². The van der Waals surface area contributed by atoms with Crippen LogP contribution in [0.1, 0.15) is 26.2 Å². The van der Waals surface area contributed by atoms with E-state index in [1.807, 2.05) is 23.9 Å². The van der Waals surface area contributed by atoms with Crippen molar-refractivity contribution in [2.75, 3.05) is 17.3 Å². The molecule has 19 heavy (non-hydrogen) atoms. The fourth-order valence-corrected chi connectivity index (χ4v) is 4.37. The van der Waals surface area contributed by atoms with Gasteiger partial charge in [0.15, 0.2) is 9.84 Å². The van der Waals surface area contributed by atoms with E-state index >= 15 is 0 Å². The van der Waals surface area contributed by atoms with Gasteiger partial charge in [0, 0.05) is 11.3 Å².